The fourth-order valence-electron chi connectivity index (χ4n) is 4.40. The third-order valence-corrected chi connectivity index (χ3v) is 7.38. The summed E-state index contributed by atoms with van der Waals surface area (Å²) in [4.78, 5) is 13.7. The second-order valence-electron chi connectivity index (χ2n) is 8.57. The van der Waals surface area contributed by atoms with Gasteiger partial charge in [0.15, 0.2) is 0 Å². The van der Waals surface area contributed by atoms with Crippen LogP contribution in [0.2, 0.25) is 0 Å². The van der Waals surface area contributed by atoms with Gasteiger partial charge < -0.3 is 16.4 Å². The molecule has 0 saturated heterocycles. The molecule has 4 rings (SSSR count). The minimum Gasteiger partial charge on any atom is -0.349 e. The van der Waals surface area contributed by atoms with Crippen molar-refractivity contribution in [3.63, 3.8) is 0 Å². The molecular weight excluding hydrogens is 368 g/mol. The minimum atomic E-state index is -2.56. The summed E-state index contributed by atoms with van der Waals surface area (Å²) < 4.78 is 26.5. The van der Waals surface area contributed by atoms with E-state index in [0.717, 1.165) is 32.1 Å². The first-order valence-electron chi connectivity index (χ1n) is 10.2. The topological polar surface area (TPSA) is 67.1 Å². The third-order valence-electron chi connectivity index (χ3n) is 6.31. The van der Waals surface area contributed by atoms with E-state index in [-0.39, 0.29) is 24.8 Å². The zero-order valence-electron chi connectivity index (χ0n) is 15.6. The second-order valence-corrected chi connectivity index (χ2v) is 9.51. The Morgan fingerprint density at radius 1 is 1.11 bits per heavy atom. The smallest absolute Gasteiger partial charge is 0.252 e. The summed E-state index contributed by atoms with van der Waals surface area (Å²) in [6, 6.07) is 3.31. The summed E-state index contributed by atoms with van der Waals surface area (Å²) in [5.41, 5.74) is 6.64. The molecule has 1 heterocycles. The van der Waals surface area contributed by atoms with Crippen molar-refractivity contribution in [2.24, 2.45) is 5.73 Å². The Kier molecular flexibility index (Phi) is 5.54. The number of carbonyl (C=O) groups is 1. The Balaban J connectivity index is 1.25. The second kappa shape index (κ2) is 7.76. The fourth-order valence-corrected chi connectivity index (χ4v) is 5.47. The Morgan fingerprint density at radius 3 is 2.52 bits per heavy atom. The van der Waals surface area contributed by atoms with Gasteiger partial charge in [-0.1, -0.05) is 0 Å². The highest BCUT2D eigenvalue weighted by Crippen LogP contribution is 2.44. The van der Waals surface area contributed by atoms with Crippen LogP contribution in [0.15, 0.2) is 11.4 Å². The Bertz CT molecular complexity index is 662. The Morgan fingerprint density at radius 2 is 1.81 bits per heavy atom. The van der Waals surface area contributed by atoms with Crippen LogP contribution >= 0.6 is 11.3 Å². The van der Waals surface area contributed by atoms with Crippen LogP contribution in [0.1, 0.15) is 78.9 Å². The maximum Gasteiger partial charge on any atom is 0.252 e. The molecule has 1 aromatic rings. The van der Waals surface area contributed by atoms with Crippen molar-refractivity contribution in [2.45, 2.75) is 93.8 Å². The van der Waals surface area contributed by atoms with Crippen LogP contribution in [0.25, 0.3) is 0 Å². The summed E-state index contributed by atoms with van der Waals surface area (Å²) in [6.45, 7) is 0. The number of nitrogens with two attached hydrogens (primary N) is 1. The van der Waals surface area contributed by atoms with Crippen molar-refractivity contribution < 1.29 is 13.6 Å². The van der Waals surface area contributed by atoms with E-state index >= 15 is 0 Å². The van der Waals surface area contributed by atoms with Gasteiger partial charge in [-0.05, 0) is 51.0 Å². The zero-order valence-corrected chi connectivity index (χ0v) is 16.4. The normalized spacial score (nSPS) is 33.6. The predicted octanol–water partition coefficient (Wildman–Crippen LogP) is 3.77. The highest BCUT2D eigenvalue weighted by molar-refractivity contribution is 7.10. The van der Waals surface area contributed by atoms with E-state index < -0.39 is 5.92 Å². The Labute approximate surface area is 163 Å². The van der Waals surface area contributed by atoms with Gasteiger partial charge >= 0.3 is 0 Å². The van der Waals surface area contributed by atoms with Crippen molar-refractivity contribution in [2.75, 3.05) is 0 Å². The number of hydrogen-bond acceptors (Lipinski definition) is 4. The SMILES string of the molecule is NC1CCC(NC2CC2c2cc(C(=O)NC3CCC(F)(F)CC3)cs2)CC1. The van der Waals surface area contributed by atoms with Crippen LogP contribution in [0.5, 0.6) is 0 Å². The van der Waals surface area contributed by atoms with Crippen molar-refractivity contribution in [3.05, 3.63) is 21.9 Å². The first-order chi connectivity index (χ1) is 12.9. The first-order valence-corrected chi connectivity index (χ1v) is 11.1. The number of thiophene rings is 1. The number of halogens is 2. The average Bonchev–Trinajstić information content (AvgIpc) is 3.21. The number of nitrogens with one attached hydrogen (secondary N) is 2. The maximum atomic E-state index is 13.2. The molecule has 4 nitrogen and oxygen atoms in total. The van der Waals surface area contributed by atoms with Gasteiger partial charge in [0.1, 0.15) is 0 Å². The van der Waals surface area contributed by atoms with Gasteiger partial charge in [0.05, 0.1) is 5.56 Å². The van der Waals surface area contributed by atoms with E-state index in [1.54, 1.807) is 11.3 Å². The lowest BCUT2D eigenvalue weighted by Gasteiger charge is -2.28. The van der Waals surface area contributed by atoms with Gasteiger partial charge in [-0.25, -0.2) is 8.78 Å². The molecule has 2 unspecified atom stereocenters. The summed E-state index contributed by atoms with van der Waals surface area (Å²) >= 11 is 1.64. The molecule has 3 fully saturated rings. The summed E-state index contributed by atoms with van der Waals surface area (Å²) in [5, 5.41) is 8.59. The van der Waals surface area contributed by atoms with Crippen LogP contribution in [-0.2, 0) is 0 Å². The third kappa shape index (κ3) is 4.87. The molecule has 0 aromatic carbocycles. The van der Waals surface area contributed by atoms with Crippen molar-refractivity contribution in [3.8, 4) is 0 Å². The lowest BCUT2D eigenvalue weighted by atomic mass is 9.92. The fraction of sp³-hybridized carbons (Fsp3) is 0.750. The maximum absolute atomic E-state index is 13.2. The van der Waals surface area contributed by atoms with Gasteiger partial charge in [-0.15, -0.1) is 11.3 Å². The van der Waals surface area contributed by atoms with Crippen molar-refractivity contribution in [1.82, 2.24) is 10.6 Å². The van der Waals surface area contributed by atoms with Crippen molar-refractivity contribution >= 4 is 17.2 Å². The monoisotopic (exact) mass is 397 g/mol. The van der Waals surface area contributed by atoms with E-state index in [0.29, 0.717) is 42.4 Å². The van der Waals surface area contributed by atoms with Gasteiger partial charge in [0, 0.05) is 53.2 Å². The molecule has 0 aliphatic heterocycles. The molecule has 0 radical (unpaired) electrons. The van der Waals surface area contributed by atoms with E-state index in [2.05, 4.69) is 10.6 Å². The molecule has 3 saturated carbocycles. The molecule has 3 aliphatic carbocycles. The molecule has 7 heteroatoms. The molecule has 4 N–H and O–H groups in total. The molecule has 1 aromatic heterocycles. The summed E-state index contributed by atoms with van der Waals surface area (Å²) in [7, 11) is 0. The van der Waals surface area contributed by atoms with Gasteiger partial charge in [-0.3, -0.25) is 4.79 Å². The summed E-state index contributed by atoms with van der Waals surface area (Å²) in [6.07, 6.45) is 6.10. The van der Waals surface area contributed by atoms with Gasteiger partial charge in [0.2, 0.25) is 5.92 Å². The number of amides is 1. The first kappa shape index (κ1) is 19.3. The quantitative estimate of drug-likeness (QED) is 0.708. The largest absolute Gasteiger partial charge is 0.349 e. The molecule has 1 amide bonds. The number of alkyl halides is 2. The van der Waals surface area contributed by atoms with Crippen LogP contribution in [0.4, 0.5) is 8.78 Å². The van der Waals surface area contributed by atoms with Crippen LogP contribution < -0.4 is 16.4 Å². The van der Waals surface area contributed by atoms with Crippen LogP contribution in [-0.4, -0.2) is 36.0 Å². The highest BCUT2D eigenvalue weighted by Gasteiger charge is 2.41. The molecule has 27 heavy (non-hydrogen) atoms. The standard InChI is InChI=1S/C20H29F2N3OS/c21-20(22)7-5-15(6-8-20)25-19(26)12-9-18(27-11-12)16-10-17(16)24-14-3-1-13(23)2-4-14/h9,11,13-17,24H,1-8,10,23H2,(H,25,26). The van der Waals surface area contributed by atoms with E-state index in [4.69, 9.17) is 5.73 Å². The molecule has 0 bridgehead atoms. The molecular formula is C20H29F2N3OS. The lowest BCUT2D eigenvalue weighted by Crippen LogP contribution is -2.40. The van der Waals surface area contributed by atoms with E-state index in [1.807, 2.05) is 11.4 Å². The number of carbonyl (C=O) groups excluding carboxylic acids is 1. The van der Waals surface area contributed by atoms with Crippen LogP contribution in [0, 0.1) is 0 Å². The number of rotatable bonds is 5. The minimum absolute atomic E-state index is 0.126. The Hall–Kier alpha value is -1.05. The lowest BCUT2D eigenvalue weighted by molar-refractivity contribution is -0.0399. The molecule has 150 valence electrons. The van der Waals surface area contributed by atoms with Gasteiger partial charge in [-0.2, -0.15) is 0 Å². The molecule has 2 atom stereocenters. The van der Waals surface area contributed by atoms with Crippen molar-refractivity contribution in [1.29, 1.82) is 0 Å². The van der Waals surface area contributed by atoms with Gasteiger partial charge in [0.25, 0.3) is 5.91 Å². The zero-order chi connectivity index (χ0) is 19.0. The predicted molar refractivity (Wildman–Crippen MR) is 104 cm³/mol. The molecule has 0 spiro atoms. The summed E-state index contributed by atoms with van der Waals surface area (Å²) in [5.74, 6) is -2.19. The molecule has 3 aliphatic rings. The number of hydrogen-bond donors (Lipinski definition) is 3. The average molecular weight is 398 g/mol. The van der Waals surface area contributed by atoms with E-state index in [1.165, 1.54) is 4.88 Å². The van der Waals surface area contributed by atoms with E-state index in [9.17, 15) is 13.6 Å². The van der Waals surface area contributed by atoms with Crippen LogP contribution in [0.3, 0.4) is 0 Å². The highest BCUT2D eigenvalue weighted by atomic mass is 32.1.